The smallest absolute Gasteiger partial charge is 0.254 e. The molecule has 0 bridgehead atoms. The summed E-state index contributed by atoms with van der Waals surface area (Å²) in [5.41, 5.74) is 3.52. The number of methoxy groups -OCH3 is 1. The Morgan fingerprint density at radius 3 is 2.68 bits per heavy atom. The van der Waals surface area contributed by atoms with Crippen molar-refractivity contribution in [2.75, 3.05) is 24.9 Å². The van der Waals surface area contributed by atoms with Crippen molar-refractivity contribution < 1.29 is 17.9 Å². The van der Waals surface area contributed by atoms with E-state index < -0.39 is 10.0 Å². The zero-order valence-electron chi connectivity index (χ0n) is 20.6. The number of fused-ring (bicyclic) bond motifs is 1. The highest BCUT2D eigenvalue weighted by Crippen LogP contribution is 2.31. The lowest BCUT2D eigenvalue weighted by molar-refractivity contribution is 0.0690. The molecule has 5 rings (SSSR count). The normalized spacial score (nSPS) is 14.3. The molecule has 1 fully saturated rings. The number of sulfonamides is 1. The molecule has 3 aromatic heterocycles. The number of nitrogens with one attached hydrogen (secondary N) is 1. The molecule has 194 valence electrons. The van der Waals surface area contributed by atoms with Crippen LogP contribution in [0.1, 0.15) is 34.8 Å². The van der Waals surface area contributed by atoms with E-state index in [2.05, 4.69) is 27.6 Å². The topological polar surface area (TPSA) is 135 Å². The first-order valence-corrected chi connectivity index (χ1v) is 13.4. The number of rotatable bonds is 7. The van der Waals surface area contributed by atoms with Crippen molar-refractivity contribution in [3.8, 4) is 22.9 Å². The zero-order chi connectivity index (χ0) is 26.9. The van der Waals surface area contributed by atoms with Gasteiger partial charge in [0.15, 0.2) is 0 Å². The van der Waals surface area contributed by atoms with Gasteiger partial charge in [-0.3, -0.25) is 14.2 Å². The van der Waals surface area contributed by atoms with Crippen LogP contribution in [-0.4, -0.2) is 58.8 Å². The van der Waals surface area contributed by atoms with Gasteiger partial charge in [0.25, 0.3) is 15.9 Å². The molecule has 0 atom stereocenters. The van der Waals surface area contributed by atoms with Crippen LogP contribution in [0.4, 0.5) is 5.69 Å². The number of likely N-dealkylation sites (tertiary alicyclic amines) is 1. The lowest BCUT2D eigenvalue weighted by atomic mass is 10.0. The summed E-state index contributed by atoms with van der Waals surface area (Å²) in [6.45, 7) is 4.38. The molecular formula is C26H25N7O4S. The highest BCUT2D eigenvalue weighted by molar-refractivity contribution is 7.95. The van der Waals surface area contributed by atoms with Crippen LogP contribution in [0, 0.1) is 11.3 Å². The van der Waals surface area contributed by atoms with Gasteiger partial charge in [0.1, 0.15) is 22.9 Å². The third-order valence-electron chi connectivity index (χ3n) is 6.57. The number of piperidine rings is 1. The molecular weight excluding hydrogens is 506 g/mol. The first-order chi connectivity index (χ1) is 18.3. The number of ether oxygens (including phenoxy) is 1. The number of hydrogen-bond acceptors (Lipinski definition) is 7. The molecule has 4 aromatic rings. The summed E-state index contributed by atoms with van der Waals surface area (Å²) in [4.78, 5) is 14.8. The minimum Gasteiger partial charge on any atom is -0.494 e. The van der Waals surface area contributed by atoms with E-state index in [4.69, 9.17) is 4.74 Å². The second kappa shape index (κ2) is 10.0. The fourth-order valence-electron chi connectivity index (χ4n) is 4.60. The van der Waals surface area contributed by atoms with Crippen LogP contribution in [-0.2, 0) is 10.0 Å². The van der Waals surface area contributed by atoms with Crippen molar-refractivity contribution in [3.05, 3.63) is 78.2 Å². The van der Waals surface area contributed by atoms with Gasteiger partial charge in [-0.05, 0) is 37.1 Å². The number of nitriles is 1. The molecule has 0 spiro atoms. The Morgan fingerprint density at radius 2 is 1.97 bits per heavy atom. The number of amides is 1. The van der Waals surface area contributed by atoms with E-state index in [1.54, 1.807) is 40.9 Å². The Morgan fingerprint density at radius 1 is 1.18 bits per heavy atom. The van der Waals surface area contributed by atoms with Gasteiger partial charge < -0.3 is 9.64 Å². The molecule has 1 amide bonds. The predicted molar refractivity (Wildman–Crippen MR) is 141 cm³/mol. The number of hydrogen-bond donors (Lipinski definition) is 1. The van der Waals surface area contributed by atoms with Crippen molar-refractivity contribution in [1.29, 1.82) is 5.26 Å². The molecule has 12 heteroatoms. The number of benzene rings is 1. The summed E-state index contributed by atoms with van der Waals surface area (Å²) in [7, 11) is -2.10. The van der Waals surface area contributed by atoms with E-state index in [1.807, 2.05) is 23.1 Å². The number of nitrogens with zero attached hydrogens (tertiary/aromatic N) is 6. The van der Waals surface area contributed by atoms with E-state index >= 15 is 0 Å². The SMILES string of the molecule is C=CS(=O)(=O)Nc1cccc(C(=O)N2CCC(n3cc(-c4cc(OC)c5c(C#N)cnn5c4)cn3)CC2)c1. The van der Waals surface area contributed by atoms with Gasteiger partial charge in [0.2, 0.25) is 0 Å². The number of carbonyl (C=O) groups is 1. The van der Waals surface area contributed by atoms with Crippen LogP contribution in [0.25, 0.3) is 16.6 Å². The van der Waals surface area contributed by atoms with Crippen molar-refractivity contribution in [1.82, 2.24) is 24.3 Å². The fraction of sp³-hybridized carbons (Fsp3) is 0.231. The van der Waals surface area contributed by atoms with Crippen molar-refractivity contribution in [3.63, 3.8) is 0 Å². The summed E-state index contributed by atoms with van der Waals surface area (Å²) < 4.78 is 35.0. The number of pyridine rings is 1. The zero-order valence-corrected chi connectivity index (χ0v) is 21.4. The molecule has 1 saturated heterocycles. The highest BCUT2D eigenvalue weighted by atomic mass is 32.2. The first-order valence-electron chi connectivity index (χ1n) is 11.9. The van der Waals surface area contributed by atoms with Crippen LogP contribution in [0.2, 0.25) is 0 Å². The number of anilines is 1. The Bertz CT molecular complexity index is 1680. The van der Waals surface area contributed by atoms with Gasteiger partial charge in [0.05, 0.1) is 25.5 Å². The van der Waals surface area contributed by atoms with Gasteiger partial charge >= 0.3 is 0 Å². The van der Waals surface area contributed by atoms with Crippen molar-refractivity contribution in [2.24, 2.45) is 0 Å². The molecule has 0 unspecified atom stereocenters. The van der Waals surface area contributed by atoms with Crippen LogP contribution >= 0.6 is 0 Å². The van der Waals surface area contributed by atoms with Gasteiger partial charge in [-0.1, -0.05) is 12.6 Å². The lowest BCUT2D eigenvalue weighted by Gasteiger charge is -2.32. The summed E-state index contributed by atoms with van der Waals surface area (Å²) in [6.07, 6.45) is 8.54. The fourth-order valence-corrected chi connectivity index (χ4v) is 5.14. The molecule has 4 heterocycles. The molecule has 1 aliphatic rings. The van der Waals surface area contributed by atoms with E-state index in [1.165, 1.54) is 12.3 Å². The highest BCUT2D eigenvalue weighted by Gasteiger charge is 2.26. The summed E-state index contributed by atoms with van der Waals surface area (Å²) in [6, 6.07) is 10.5. The lowest BCUT2D eigenvalue weighted by Crippen LogP contribution is -2.39. The van der Waals surface area contributed by atoms with Gasteiger partial charge in [-0.15, -0.1) is 0 Å². The molecule has 1 aliphatic heterocycles. The molecule has 0 saturated carbocycles. The number of carbonyl (C=O) groups excluding carboxylic acids is 1. The van der Waals surface area contributed by atoms with Crippen LogP contribution in [0.15, 0.2) is 67.1 Å². The van der Waals surface area contributed by atoms with Gasteiger partial charge in [0, 0.05) is 53.3 Å². The summed E-state index contributed by atoms with van der Waals surface area (Å²) >= 11 is 0. The maximum atomic E-state index is 13.1. The Kier molecular flexibility index (Phi) is 6.61. The van der Waals surface area contributed by atoms with Crippen LogP contribution in [0.5, 0.6) is 5.75 Å². The van der Waals surface area contributed by atoms with Crippen LogP contribution < -0.4 is 9.46 Å². The molecule has 11 nitrogen and oxygen atoms in total. The van der Waals surface area contributed by atoms with Crippen molar-refractivity contribution >= 4 is 27.1 Å². The number of aromatic nitrogens is 4. The second-order valence-electron chi connectivity index (χ2n) is 8.89. The third kappa shape index (κ3) is 4.83. The summed E-state index contributed by atoms with van der Waals surface area (Å²) in [5, 5.41) is 19.0. The van der Waals surface area contributed by atoms with E-state index in [0.717, 1.165) is 29.4 Å². The quantitative estimate of drug-likeness (QED) is 0.386. The van der Waals surface area contributed by atoms with Crippen LogP contribution in [0.3, 0.4) is 0 Å². The minimum atomic E-state index is -3.66. The predicted octanol–water partition coefficient (Wildman–Crippen LogP) is 3.44. The maximum absolute atomic E-state index is 13.1. The van der Waals surface area contributed by atoms with Gasteiger partial charge in [-0.25, -0.2) is 12.9 Å². The van der Waals surface area contributed by atoms with E-state index in [9.17, 15) is 18.5 Å². The largest absolute Gasteiger partial charge is 0.494 e. The monoisotopic (exact) mass is 531 g/mol. The standard InChI is InChI=1S/C26H25N7O4S/c1-3-38(35,36)30-22-6-4-5-18(11-22)26(34)31-9-7-23(8-10-31)32-17-21(15-28-32)19-12-24(37-2)25-20(13-27)14-29-33(25)16-19/h3-6,11-12,14-17,23,30H,1,7-10H2,2H3. The molecule has 0 aliphatic carbocycles. The first kappa shape index (κ1) is 25.0. The minimum absolute atomic E-state index is 0.124. The third-order valence-corrected chi connectivity index (χ3v) is 7.53. The Labute approximate surface area is 219 Å². The van der Waals surface area contributed by atoms with Crippen molar-refractivity contribution in [2.45, 2.75) is 18.9 Å². The average Bonchev–Trinajstić information content (AvgIpc) is 3.60. The average molecular weight is 532 g/mol. The van der Waals surface area contributed by atoms with E-state index in [0.29, 0.717) is 41.2 Å². The summed E-state index contributed by atoms with van der Waals surface area (Å²) in [5.74, 6) is 0.401. The maximum Gasteiger partial charge on any atom is 0.254 e. The van der Waals surface area contributed by atoms with E-state index in [-0.39, 0.29) is 11.9 Å². The molecule has 0 radical (unpaired) electrons. The molecule has 1 N–H and O–H groups in total. The second-order valence-corrected chi connectivity index (χ2v) is 10.5. The Hall–Kier alpha value is -4.63. The Balaban J connectivity index is 1.27. The van der Waals surface area contributed by atoms with Gasteiger partial charge in [-0.2, -0.15) is 15.5 Å². The molecule has 1 aromatic carbocycles. The molecule has 38 heavy (non-hydrogen) atoms.